The molecule has 1 aliphatic rings. The minimum Gasteiger partial charge on any atom is -0.459 e. The molecule has 6 nitrogen and oxygen atoms in total. The molecule has 160 valence electrons. The molecule has 0 saturated carbocycles. The predicted octanol–water partition coefficient (Wildman–Crippen LogP) is 4.24. The molecule has 2 aromatic carbocycles. The molecule has 1 atom stereocenters. The van der Waals surface area contributed by atoms with E-state index in [9.17, 15) is 14.0 Å². The lowest BCUT2D eigenvalue weighted by Gasteiger charge is -2.19. The summed E-state index contributed by atoms with van der Waals surface area (Å²) in [5.41, 5.74) is 2.89. The van der Waals surface area contributed by atoms with Crippen molar-refractivity contribution in [2.24, 2.45) is 5.92 Å². The Morgan fingerprint density at radius 3 is 2.68 bits per heavy atom. The summed E-state index contributed by atoms with van der Waals surface area (Å²) in [4.78, 5) is 27.1. The van der Waals surface area contributed by atoms with Gasteiger partial charge in [-0.15, -0.1) is 0 Å². The summed E-state index contributed by atoms with van der Waals surface area (Å²) in [7, 11) is 0. The normalized spacial score (nSPS) is 15.7. The van der Waals surface area contributed by atoms with Gasteiger partial charge in [-0.25, -0.2) is 4.39 Å². The van der Waals surface area contributed by atoms with Crippen LogP contribution in [-0.2, 0) is 0 Å². The number of halogens is 1. The zero-order chi connectivity index (χ0) is 21.8. The first-order chi connectivity index (χ1) is 15.0. The number of carbonyl (C=O) groups excluding carboxylic acids is 2. The van der Waals surface area contributed by atoms with E-state index >= 15 is 0 Å². The number of anilines is 2. The largest absolute Gasteiger partial charge is 0.459 e. The second-order valence-corrected chi connectivity index (χ2v) is 7.75. The van der Waals surface area contributed by atoms with Gasteiger partial charge in [0.2, 0.25) is 0 Å². The van der Waals surface area contributed by atoms with Gasteiger partial charge < -0.3 is 20.0 Å². The highest BCUT2D eigenvalue weighted by molar-refractivity contribution is 6.03. The summed E-state index contributed by atoms with van der Waals surface area (Å²) >= 11 is 0. The van der Waals surface area contributed by atoms with Crippen LogP contribution in [0.1, 0.15) is 32.9 Å². The SMILES string of the molecule is Cc1ccc(C(=O)NCC2CCN(c3ccc(F)cc3)C2)cc1NC(=O)c1ccco1. The van der Waals surface area contributed by atoms with Gasteiger partial charge in [0, 0.05) is 36.6 Å². The second kappa shape index (κ2) is 9.04. The van der Waals surface area contributed by atoms with Gasteiger partial charge in [0.15, 0.2) is 5.76 Å². The van der Waals surface area contributed by atoms with Crippen LogP contribution in [0.4, 0.5) is 15.8 Å². The molecule has 4 rings (SSSR count). The van der Waals surface area contributed by atoms with Crippen molar-refractivity contribution >= 4 is 23.2 Å². The molecule has 2 heterocycles. The van der Waals surface area contributed by atoms with Crippen LogP contribution >= 0.6 is 0 Å². The molecular formula is C24H24FN3O3. The third-order valence-corrected chi connectivity index (χ3v) is 5.52. The third-order valence-electron chi connectivity index (χ3n) is 5.52. The van der Waals surface area contributed by atoms with Crippen molar-refractivity contribution < 1.29 is 18.4 Å². The number of rotatable bonds is 6. The van der Waals surface area contributed by atoms with Gasteiger partial charge >= 0.3 is 0 Å². The molecule has 31 heavy (non-hydrogen) atoms. The quantitative estimate of drug-likeness (QED) is 0.625. The maximum atomic E-state index is 13.1. The van der Waals surface area contributed by atoms with E-state index in [1.54, 1.807) is 42.5 Å². The molecule has 7 heteroatoms. The number of hydrogen-bond acceptors (Lipinski definition) is 4. The van der Waals surface area contributed by atoms with Crippen molar-refractivity contribution in [3.63, 3.8) is 0 Å². The number of amides is 2. The Hall–Kier alpha value is -3.61. The lowest BCUT2D eigenvalue weighted by molar-refractivity contribution is 0.0946. The zero-order valence-electron chi connectivity index (χ0n) is 17.2. The number of furan rings is 1. The van der Waals surface area contributed by atoms with E-state index in [0.29, 0.717) is 23.7 Å². The van der Waals surface area contributed by atoms with Crippen LogP contribution in [0.3, 0.4) is 0 Å². The Balaban J connectivity index is 1.33. The fraction of sp³-hybridized carbons (Fsp3) is 0.250. The smallest absolute Gasteiger partial charge is 0.291 e. The molecule has 2 amide bonds. The summed E-state index contributed by atoms with van der Waals surface area (Å²) < 4.78 is 18.2. The highest BCUT2D eigenvalue weighted by Gasteiger charge is 2.23. The topological polar surface area (TPSA) is 74.6 Å². The van der Waals surface area contributed by atoms with Crippen molar-refractivity contribution in [2.45, 2.75) is 13.3 Å². The fourth-order valence-electron chi connectivity index (χ4n) is 3.71. The Bertz CT molecular complexity index is 1060. The second-order valence-electron chi connectivity index (χ2n) is 7.75. The minimum atomic E-state index is -0.363. The van der Waals surface area contributed by atoms with Crippen LogP contribution in [0.5, 0.6) is 0 Å². The van der Waals surface area contributed by atoms with E-state index in [1.807, 2.05) is 6.92 Å². The van der Waals surface area contributed by atoms with Crippen LogP contribution in [-0.4, -0.2) is 31.4 Å². The number of benzene rings is 2. The maximum absolute atomic E-state index is 13.1. The highest BCUT2D eigenvalue weighted by Crippen LogP contribution is 2.24. The Morgan fingerprint density at radius 1 is 1.13 bits per heavy atom. The Labute approximate surface area is 180 Å². The summed E-state index contributed by atoms with van der Waals surface area (Å²) in [6, 6.07) is 14.9. The summed E-state index contributed by atoms with van der Waals surface area (Å²) in [6.07, 6.45) is 2.39. The Kier molecular flexibility index (Phi) is 6.02. The van der Waals surface area contributed by atoms with Gasteiger partial charge in [0.1, 0.15) is 5.82 Å². The molecule has 1 unspecified atom stereocenters. The van der Waals surface area contributed by atoms with E-state index in [2.05, 4.69) is 15.5 Å². The lowest BCUT2D eigenvalue weighted by Crippen LogP contribution is -2.31. The summed E-state index contributed by atoms with van der Waals surface area (Å²) in [5, 5.41) is 5.78. The monoisotopic (exact) mass is 421 g/mol. The van der Waals surface area contributed by atoms with Crippen LogP contribution in [0.15, 0.2) is 65.3 Å². The first-order valence-electron chi connectivity index (χ1n) is 10.2. The number of hydrogen-bond donors (Lipinski definition) is 2. The van der Waals surface area contributed by atoms with Crippen molar-refractivity contribution in [1.82, 2.24) is 5.32 Å². The molecule has 0 bridgehead atoms. The van der Waals surface area contributed by atoms with Gasteiger partial charge in [-0.2, -0.15) is 0 Å². The third kappa shape index (κ3) is 4.94. The van der Waals surface area contributed by atoms with Gasteiger partial charge in [-0.3, -0.25) is 9.59 Å². The molecule has 2 N–H and O–H groups in total. The van der Waals surface area contributed by atoms with Gasteiger partial charge in [-0.05, 0) is 73.4 Å². The average Bonchev–Trinajstić information content (AvgIpc) is 3.46. The first-order valence-corrected chi connectivity index (χ1v) is 10.2. The predicted molar refractivity (Wildman–Crippen MR) is 117 cm³/mol. The summed E-state index contributed by atoms with van der Waals surface area (Å²) in [6.45, 7) is 4.10. The lowest BCUT2D eigenvalue weighted by atomic mass is 10.1. The standard InChI is InChI=1S/C24H24FN3O3/c1-16-4-5-18(13-21(16)27-24(30)22-3-2-12-31-22)23(29)26-14-17-10-11-28(15-17)20-8-6-19(25)7-9-20/h2-9,12-13,17H,10-11,14-15H2,1H3,(H,26,29)(H,27,30). The minimum absolute atomic E-state index is 0.186. The van der Waals surface area contributed by atoms with Gasteiger partial charge in [0.05, 0.1) is 6.26 Å². The van der Waals surface area contributed by atoms with Gasteiger partial charge in [-0.1, -0.05) is 6.07 Å². The van der Waals surface area contributed by atoms with Crippen molar-refractivity contribution in [3.8, 4) is 0 Å². The van der Waals surface area contributed by atoms with Crippen LogP contribution < -0.4 is 15.5 Å². The van der Waals surface area contributed by atoms with Crippen molar-refractivity contribution in [3.05, 3.63) is 83.6 Å². The fourth-order valence-corrected chi connectivity index (χ4v) is 3.71. The number of nitrogens with one attached hydrogen (secondary N) is 2. The molecule has 3 aromatic rings. The van der Waals surface area contributed by atoms with Crippen LogP contribution in [0.25, 0.3) is 0 Å². The summed E-state index contributed by atoms with van der Waals surface area (Å²) in [5.74, 6) is -0.269. The highest BCUT2D eigenvalue weighted by atomic mass is 19.1. The molecular weight excluding hydrogens is 397 g/mol. The molecule has 0 spiro atoms. The van der Waals surface area contributed by atoms with Crippen LogP contribution in [0, 0.1) is 18.7 Å². The van der Waals surface area contributed by atoms with E-state index < -0.39 is 0 Å². The van der Waals surface area contributed by atoms with Gasteiger partial charge in [0.25, 0.3) is 11.8 Å². The van der Waals surface area contributed by atoms with E-state index in [4.69, 9.17) is 4.42 Å². The van der Waals surface area contributed by atoms with E-state index in [-0.39, 0.29) is 23.4 Å². The van der Waals surface area contributed by atoms with Crippen molar-refractivity contribution in [2.75, 3.05) is 29.9 Å². The molecule has 1 saturated heterocycles. The molecule has 1 fully saturated rings. The average molecular weight is 421 g/mol. The van der Waals surface area contributed by atoms with E-state index in [0.717, 1.165) is 30.8 Å². The molecule has 0 radical (unpaired) electrons. The van der Waals surface area contributed by atoms with Crippen LogP contribution in [0.2, 0.25) is 0 Å². The van der Waals surface area contributed by atoms with Crippen molar-refractivity contribution in [1.29, 1.82) is 0 Å². The molecule has 1 aliphatic heterocycles. The first kappa shape index (κ1) is 20.7. The van der Waals surface area contributed by atoms with E-state index in [1.165, 1.54) is 18.4 Å². The maximum Gasteiger partial charge on any atom is 0.291 e. The molecule has 0 aliphatic carbocycles. The Morgan fingerprint density at radius 2 is 1.94 bits per heavy atom. The number of aryl methyl sites for hydroxylation is 1. The number of carbonyl (C=O) groups is 2. The number of nitrogens with zero attached hydrogens (tertiary/aromatic N) is 1. The molecule has 1 aromatic heterocycles. The zero-order valence-corrected chi connectivity index (χ0v) is 17.2.